The molecule has 188 valence electrons. The first-order valence-corrected chi connectivity index (χ1v) is 14.2. The molecular weight excluding hydrogens is 400 g/mol. The zero-order valence-electron chi connectivity index (χ0n) is 23.5. The summed E-state index contributed by atoms with van der Waals surface area (Å²) in [5.41, 5.74) is 4.77. The van der Waals surface area contributed by atoms with Crippen molar-refractivity contribution < 1.29 is 4.74 Å². The molecule has 0 saturated heterocycles. The Bertz CT molecular complexity index is 790. The molecule has 3 fully saturated rings. The second-order valence-electron chi connectivity index (χ2n) is 14.3. The zero-order chi connectivity index (χ0) is 24.4. The summed E-state index contributed by atoms with van der Waals surface area (Å²) in [6, 6.07) is 0. The molecule has 0 aromatic rings. The molecule has 33 heavy (non-hydrogen) atoms. The Morgan fingerprint density at radius 3 is 2.33 bits per heavy atom. The van der Waals surface area contributed by atoms with Gasteiger partial charge in [-0.2, -0.15) is 0 Å². The minimum absolute atomic E-state index is 0.266. The van der Waals surface area contributed by atoms with Crippen molar-refractivity contribution in [2.24, 2.45) is 51.2 Å². The standard InChI is InChI=1S/C32H54O/c1-21(2)22(3)11-12-23(4)24-15-19-32(9)26-13-14-27-29(5,6)28(33-10)17-18-30(27,7)25(26)16-20-31(24,32)8/h16,22-24,26-28H,1,11-15,17-20H2,2-10H3/t22-,23+,24+,26+,27-,28-,30+,31+,32-/m0/s1. The van der Waals surface area contributed by atoms with Crippen molar-refractivity contribution in [2.45, 2.75) is 119 Å². The summed E-state index contributed by atoms with van der Waals surface area (Å²) in [7, 11) is 1.93. The number of fused-ring (bicyclic) bond motifs is 5. The van der Waals surface area contributed by atoms with Gasteiger partial charge in [0.05, 0.1) is 6.10 Å². The minimum Gasteiger partial charge on any atom is -0.381 e. The van der Waals surface area contributed by atoms with Crippen LogP contribution in [0.15, 0.2) is 23.8 Å². The van der Waals surface area contributed by atoms with Crippen LogP contribution < -0.4 is 0 Å². The summed E-state index contributed by atoms with van der Waals surface area (Å²) in [4.78, 5) is 0. The van der Waals surface area contributed by atoms with E-state index in [0.29, 0.717) is 28.3 Å². The van der Waals surface area contributed by atoms with E-state index in [2.05, 4.69) is 68.0 Å². The van der Waals surface area contributed by atoms with Gasteiger partial charge in [-0.05, 0) is 116 Å². The molecule has 0 spiro atoms. The van der Waals surface area contributed by atoms with Gasteiger partial charge in [-0.15, -0.1) is 0 Å². The lowest BCUT2D eigenvalue weighted by atomic mass is 9.41. The Kier molecular flexibility index (Phi) is 6.60. The Labute approximate surface area is 206 Å². The van der Waals surface area contributed by atoms with Crippen LogP contribution in [0.1, 0.15) is 113 Å². The van der Waals surface area contributed by atoms with Gasteiger partial charge in [0, 0.05) is 7.11 Å². The molecule has 1 nitrogen and oxygen atoms in total. The van der Waals surface area contributed by atoms with E-state index in [0.717, 1.165) is 23.7 Å². The Balaban J connectivity index is 1.60. The van der Waals surface area contributed by atoms with Crippen molar-refractivity contribution in [3.63, 3.8) is 0 Å². The molecule has 0 N–H and O–H groups in total. The molecule has 4 aliphatic carbocycles. The number of hydrogen-bond donors (Lipinski definition) is 0. The summed E-state index contributed by atoms with van der Waals surface area (Å²) >= 11 is 0. The molecule has 0 heterocycles. The van der Waals surface area contributed by atoms with Crippen LogP contribution in [0.5, 0.6) is 0 Å². The summed E-state index contributed by atoms with van der Waals surface area (Å²) < 4.78 is 6.01. The predicted molar refractivity (Wildman–Crippen MR) is 142 cm³/mol. The van der Waals surface area contributed by atoms with Crippen LogP contribution in [0, 0.1) is 51.2 Å². The highest BCUT2D eigenvalue weighted by atomic mass is 16.5. The summed E-state index contributed by atoms with van der Waals surface area (Å²) in [5, 5.41) is 0. The number of hydrogen-bond acceptors (Lipinski definition) is 1. The molecule has 0 unspecified atom stereocenters. The summed E-state index contributed by atoms with van der Waals surface area (Å²) in [5.74, 6) is 3.88. The number of ether oxygens (including phenoxy) is 1. The highest BCUT2D eigenvalue weighted by Crippen LogP contribution is 2.73. The average Bonchev–Trinajstić information content (AvgIpc) is 3.03. The van der Waals surface area contributed by atoms with E-state index in [-0.39, 0.29) is 5.41 Å². The van der Waals surface area contributed by atoms with Crippen molar-refractivity contribution >= 4 is 0 Å². The van der Waals surface area contributed by atoms with Gasteiger partial charge in [0.25, 0.3) is 0 Å². The van der Waals surface area contributed by atoms with E-state index in [4.69, 9.17) is 4.74 Å². The van der Waals surface area contributed by atoms with E-state index in [1.54, 1.807) is 0 Å². The molecule has 0 aromatic heterocycles. The SMILES string of the molecule is C=C(C)[C@@H](C)CC[C@@H](C)[C@H]1CC[C@@]2(C)[C@@H]3CC[C@H]4C(C)(C)[C@@H](OC)CC[C@]4(C)C3=CC[C@]12C. The second-order valence-corrected chi connectivity index (χ2v) is 14.3. The second kappa shape index (κ2) is 8.53. The van der Waals surface area contributed by atoms with Gasteiger partial charge in [0.1, 0.15) is 0 Å². The molecule has 9 atom stereocenters. The minimum atomic E-state index is 0.266. The van der Waals surface area contributed by atoms with Crippen molar-refractivity contribution in [1.29, 1.82) is 0 Å². The molecule has 4 aliphatic rings. The van der Waals surface area contributed by atoms with Gasteiger partial charge >= 0.3 is 0 Å². The Hall–Kier alpha value is -0.560. The Morgan fingerprint density at radius 2 is 1.70 bits per heavy atom. The van der Waals surface area contributed by atoms with E-state index in [9.17, 15) is 0 Å². The van der Waals surface area contributed by atoms with Gasteiger partial charge < -0.3 is 4.74 Å². The van der Waals surface area contributed by atoms with Crippen LogP contribution in [0.3, 0.4) is 0 Å². The van der Waals surface area contributed by atoms with Gasteiger partial charge in [-0.25, -0.2) is 0 Å². The van der Waals surface area contributed by atoms with Crippen LogP contribution in [-0.2, 0) is 4.74 Å². The van der Waals surface area contributed by atoms with Crippen LogP contribution in [0.25, 0.3) is 0 Å². The van der Waals surface area contributed by atoms with E-state index < -0.39 is 0 Å². The van der Waals surface area contributed by atoms with Gasteiger partial charge in [-0.1, -0.05) is 72.3 Å². The first-order chi connectivity index (χ1) is 15.3. The molecule has 3 saturated carbocycles. The van der Waals surface area contributed by atoms with Crippen molar-refractivity contribution in [3.8, 4) is 0 Å². The number of methoxy groups -OCH3 is 1. The fourth-order valence-corrected chi connectivity index (χ4v) is 10.0. The quantitative estimate of drug-likeness (QED) is 0.363. The monoisotopic (exact) mass is 454 g/mol. The van der Waals surface area contributed by atoms with Gasteiger partial charge in [0.15, 0.2) is 0 Å². The van der Waals surface area contributed by atoms with Crippen LogP contribution >= 0.6 is 0 Å². The summed E-state index contributed by atoms with van der Waals surface area (Å²) in [6.07, 6.45) is 15.3. The zero-order valence-corrected chi connectivity index (χ0v) is 23.5. The lowest BCUT2D eigenvalue weighted by Crippen LogP contribution is -2.58. The maximum Gasteiger partial charge on any atom is 0.0625 e. The lowest BCUT2D eigenvalue weighted by molar-refractivity contribution is -0.130. The Morgan fingerprint density at radius 1 is 1.00 bits per heavy atom. The van der Waals surface area contributed by atoms with Crippen molar-refractivity contribution in [1.82, 2.24) is 0 Å². The molecular formula is C32H54O. The maximum absolute atomic E-state index is 6.01. The molecule has 4 rings (SSSR count). The van der Waals surface area contributed by atoms with Crippen molar-refractivity contribution in [3.05, 3.63) is 23.8 Å². The fourth-order valence-electron chi connectivity index (χ4n) is 10.0. The summed E-state index contributed by atoms with van der Waals surface area (Å²) in [6.45, 7) is 24.4. The topological polar surface area (TPSA) is 9.23 Å². The molecule has 0 aliphatic heterocycles. The smallest absolute Gasteiger partial charge is 0.0625 e. The van der Waals surface area contributed by atoms with E-state index >= 15 is 0 Å². The number of allylic oxidation sites excluding steroid dienone is 3. The molecule has 0 amide bonds. The van der Waals surface area contributed by atoms with Gasteiger partial charge in [-0.3, -0.25) is 0 Å². The van der Waals surface area contributed by atoms with E-state index in [1.807, 2.05) is 12.7 Å². The van der Waals surface area contributed by atoms with Gasteiger partial charge in [0.2, 0.25) is 0 Å². The molecule has 0 bridgehead atoms. The normalized spacial score (nSPS) is 45.9. The first kappa shape index (κ1) is 25.5. The van der Waals surface area contributed by atoms with E-state index in [1.165, 1.54) is 63.4 Å². The third-order valence-corrected chi connectivity index (χ3v) is 12.7. The highest BCUT2D eigenvalue weighted by Gasteiger charge is 2.65. The molecule has 0 aromatic carbocycles. The molecule has 1 heteroatoms. The fraction of sp³-hybridized carbons (Fsp3) is 0.875. The predicted octanol–water partition coefficient (Wildman–Crippen LogP) is 9.24. The lowest BCUT2D eigenvalue weighted by Gasteiger charge is -2.64. The van der Waals surface area contributed by atoms with Crippen LogP contribution in [0.4, 0.5) is 0 Å². The van der Waals surface area contributed by atoms with Crippen LogP contribution in [-0.4, -0.2) is 13.2 Å². The largest absolute Gasteiger partial charge is 0.381 e. The third-order valence-electron chi connectivity index (χ3n) is 12.7. The third kappa shape index (κ3) is 3.65. The molecule has 0 radical (unpaired) electrons. The van der Waals surface area contributed by atoms with Crippen LogP contribution in [0.2, 0.25) is 0 Å². The maximum atomic E-state index is 6.01. The average molecular weight is 455 g/mol. The first-order valence-electron chi connectivity index (χ1n) is 14.2. The number of rotatable bonds is 6. The van der Waals surface area contributed by atoms with Crippen molar-refractivity contribution in [2.75, 3.05) is 7.11 Å². The highest BCUT2D eigenvalue weighted by molar-refractivity contribution is 5.32.